The molecule has 8 nitrogen and oxygen atoms in total. The van der Waals surface area contributed by atoms with Crippen molar-refractivity contribution >= 4 is 29.1 Å². The SMILES string of the molecule is CCOC(=O)C1=C(C)N=c2sc(=Cc3ccc(OC)c(COc4ccc(F)cc4F)c3)c(=O)n2[C@H]1c1ccc(N(C)C)cc1. The zero-order chi connectivity index (χ0) is 31.5. The van der Waals surface area contributed by atoms with E-state index in [4.69, 9.17) is 14.2 Å². The number of carbonyl (C=O) groups is 1. The normalized spacial score (nSPS) is 14.6. The van der Waals surface area contributed by atoms with Gasteiger partial charge >= 0.3 is 5.97 Å². The molecule has 0 spiro atoms. The highest BCUT2D eigenvalue weighted by Gasteiger charge is 2.33. The minimum atomic E-state index is -0.815. The van der Waals surface area contributed by atoms with Crippen molar-refractivity contribution in [2.45, 2.75) is 26.5 Å². The number of esters is 1. The first-order valence-electron chi connectivity index (χ1n) is 13.8. The third-order valence-electron chi connectivity index (χ3n) is 7.12. The van der Waals surface area contributed by atoms with E-state index in [0.717, 1.165) is 23.4 Å². The number of hydrogen-bond acceptors (Lipinski definition) is 8. The molecular weight excluding hydrogens is 588 g/mol. The van der Waals surface area contributed by atoms with Crippen molar-refractivity contribution in [1.82, 2.24) is 4.57 Å². The van der Waals surface area contributed by atoms with Crippen LogP contribution in [0.25, 0.3) is 6.08 Å². The van der Waals surface area contributed by atoms with Crippen molar-refractivity contribution in [3.05, 3.63) is 120 Å². The molecule has 1 aliphatic rings. The van der Waals surface area contributed by atoms with Gasteiger partial charge in [-0.25, -0.2) is 18.6 Å². The zero-order valence-corrected chi connectivity index (χ0v) is 25.7. The van der Waals surface area contributed by atoms with Crippen LogP contribution in [0.5, 0.6) is 11.5 Å². The molecule has 0 saturated heterocycles. The number of methoxy groups -OCH3 is 1. The number of rotatable bonds is 9. The summed E-state index contributed by atoms with van der Waals surface area (Å²) in [5.41, 5.74) is 3.46. The van der Waals surface area contributed by atoms with Gasteiger partial charge in [0.15, 0.2) is 16.4 Å². The molecule has 228 valence electrons. The number of halogens is 2. The monoisotopic (exact) mass is 619 g/mol. The molecule has 44 heavy (non-hydrogen) atoms. The lowest BCUT2D eigenvalue weighted by Gasteiger charge is -2.25. The lowest BCUT2D eigenvalue weighted by atomic mass is 9.95. The Balaban J connectivity index is 1.57. The van der Waals surface area contributed by atoms with Crippen LogP contribution in [0.3, 0.4) is 0 Å². The number of nitrogens with zero attached hydrogens (tertiary/aromatic N) is 3. The topological polar surface area (TPSA) is 82.4 Å². The molecule has 0 unspecified atom stereocenters. The van der Waals surface area contributed by atoms with Crippen LogP contribution in [-0.4, -0.2) is 38.3 Å². The molecule has 0 saturated carbocycles. The Hall–Kier alpha value is -4.77. The predicted octanol–water partition coefficient (Wildman–Crippen LogP) is 4.73. The summed E-state index contributed by atoms with van der Waals surface area (Å²) in [7, 11) is 5.37. The maximum absolute atomic E-state index is 14.1. The summed E-state index contributed by atoms with van der Waals surface area (Å²) in [5.74, 6) is -1.64. The number of aromatic nitrogens is 1. The average Bonchev–Trinajstić information content (AvgIpc) is 3.30. The van der Waals surface area contributed by atoms with Gasteiger partial charge in [-0.15, -0.1) is 0 Å². The van der Waals surface area contributed by atoms with Gasteiger partial charge in [0.25, 0.3) is 5.56 Å². The molecule has 1 aliphatic heterocycles. The van der Waals surface area contributed by atoms with Gasteiger partial charge in [-0.05, 0) is 67.4 Å². The smallest absolute Gasteiger partial charge is 0.338 e. The Kier molecular flexibility index (Phi) is 8.96. The van der Waals surface area contributed by atoms with Crippen molar-refractivity contribution in [1.29, 1.82) is 0 Å². The second-order valence-corrected chi connectivity index (χ2v) is 11.2. The molecule has 4 aromatic rings. The standard InChI is InChI=1S/C33H31F2N3O5S/c1-6-42-32(40)29-19(2)36-33-38(30(29)21-8-11-24(12-9-21)37(3)4)31(39)28(44-33)16-20-7-13-26(41-5)22(15-20)18-43-27-14-10-23(34)17-25(27)35/h7-17,30H,6,18H2,1-5H3/t30-/m0/s1. The summed E-state index contributed by atoms with van der Waals surface area (Å²) in [6.07, 6.45) is 1.72. The van der Waals surface area contributed by atoms with Crippen LogP contribution < -0.4 is 29.3 Å². The number of anilines is 1. The number of hydrogen-bond donors (Lipinski definition) is 0. The first-order chi connectivity index (χ1) is 21.1. The van der Waals surface area contributed by atoms with E-state index in [0.29, 0.717) is 37.5 Å². The quantitative estimate of drug-likeness (QED) is 0.252. The van der Waals surface area contributed by atoms with Gasteiger partial charge in [0.1, 0.15) is 18.2 Å². The van der Waals surface area contributed by atoms with Crippen molar-refractivity contribution in [3.8, 4) is 11.5 Å². The third kappa shape index (κ3) is 6.14. The molecule has 0 radical (unpaired) electrons. The molecule has 11 heteroatoms. The van der Waals surface area contributed by atoms with Crippen LogP contribution in [-0.2, 0) is 16.1 Å². The lowest BCUT2D eigenvalue weighted by molar-refractivity contribution is -0.139. The largest absolute Gasteiger partial charge is 0.496 e. The zero-order valence-electron chi connectivity index (χ0n) is 24.9. The van der Waals surface area contributed by atoms with Crippen molar-refractivity contribution in [2.75, 3.05) is 32.7 Å². The van der Waals surface area contributed by atoms with Gasteiger partial charge in [-0.3, -0.25) is 9.36 Å². The number of ether oxygens (including phenoxy) is 3. The number of carbonyl (C=O) groups excluding carboxylic acids is 1. The molecule has 2 heterocycles. The fraction of sp³-hybridized carbons (Fsp3) is 0.242. The summed E-state index contributed by atoms with van der Waals surface area (Å²) in [5, 5.41) is 0. The van der Waals surface area contributed by atoms with E-state index in [1.807, 2.05) is 43.3 Å². The molecule has 5 rings (SSSR count). The van der Waals surface area contributed by atoms with Gasteiger partial charge in [0.05, 0.1) is 35.6 Å². The molecule has 0 aliphatic carbocycles. The van der Waals surface area contributed by atoms with Crippen LogP contribution in [0.2, 0.25) is 0 Å². The Morgan fingerprint density at radius 2 is 1.80 bits per heavy atom. The second-order valence-electron chi connectivity index (χ2n) is 10.2. The molecular formula is C33H31F2N3O5S. The molecule has 3 aromatic carbocycles. The van der Waals surface area contributed by atoms with Crippen molar-refractivity contribution < 1.29 is 27.8 Å². The summed E-state index contributed by atoms with van der Waals surface area (Å²) in [4.78, 5) is 34.2. The molecule has 1 aromatic heterocycles. The lowest BCUT2D eigenvalue weighted by Crippen LogP contribution is -2.39. The van der Waals surface area contributed by atoms with Crippen LogP contribution in [0.15, 0.2) is 81.7 Å². The Morgan fingerprint density at radius 1 is 1.07 bits per heavy atom. The van der Waals surface area contributed by atoms with E-state index >= 15 is 0 Å². The van der Waals surface area contributed by atoms with Gasteiger partial charge < -0.3 is 19.1 Å². The fourth-order valence-corrected chi connectivity index (χ4v) is 6.01. The molecule has 0 N–H and O–H groups in total. The van der Waals surface area contributed by atoms with Gasteiger partial charge in [0, 0.05) is 31.4 Å². The van der Waals surface area contributed by atoms with Crippen LogP contribution in [0.1, 0.15) is 36.6 Å². The number of thiazole rings is 1. The van der Waals surface area contributed by atoms with Crippen LogP contribution in [0.4, 0.5) is 14.5 Å². The van der Waals surface area contributed by atoms with Gasteiger partial charge in [-0.1, -0.05) is 29.5 Å². The first-order valence-corrected chi connectivity index (χ1v) is 14.6. The summed E-state index contributed by atoms with van der Waals surface area (Å²) in [6, 6.07) is 15.3. The second kappa shape index (κ2) is 12.8. The van der Waals surface area contributed by atoms with Crippen LogP contribution >= 0.6 is 11.3 Å². The minimum Gasteiger partial charge on any atom is -0.496 e. The number of fused-ring (bicyclic) bond motifs is 1. The fourth-order valence-electron chi connectivity index (χ4n) is 4.96. The van der Waals surface area contributed by atoms with E-state index in [-0.39, 0.29) is 24.5 Å². The highest BCUT2D eigenvalue weighted by molar-refractivity contribution is 7.07. The number of benzene rings is 3. The summed E-state index contributed by atoms with van der Waals surface area (Å²) >= 11 is 1.21. The summed E-state index contributed by atoms with van der Waals surface area (Å²) in [6.45, 7) is 3.60. The van der Waals surface area contributed by atoms with E-state index in [1.165, 1.54) is 29.1 Å². The summed E-state index contributed by atoms with van der Waals surface area (Å²) < 4.78 is 45.8. The van der Waals surface area contributed by atoms with Gasteiger partial charge in [-0.2, -0.15) is 0 Å². The van der Waals surface area contributed by atoms with Crippen LogP contribution in [0, 0.1) is 11.6 Å². The maximum atomic E-state index is 14.1. The van der Waals surface area contributed by atoms with E-state index in [1.54, 1.807) is 38.1 Å². The molecule has 0 bridgehead atoms. The Morgan fingerprint density at radius 3 is 2.45 bits per heavy atom. The molecule has 0 fully saturated rings. The number of allylic oxidation sites excluding steroid dienone is 1. The maximum Gasteiger partial charge on any atom is 0.338 e. The van der Waals surface area contributed by atoms with E-state index in [9.17, 15) is 18.4 Å². The Bertz CT molecular complexity index is 1930. The van der Waals surface area contributed by atoms with Crippen molar-refractivity contribution in [2.24, 2.45) is 4.99 Å². The minimum absolute atomic E-state index is 0.0559. The highest BCUT2D eigenvalue weighted by atomic mass is 32.1. The molecule has 1 atom stereocenters. The van der Waals surface area contributed by atoms with Crippen molar-refractivity contribution in [3.63, 3.8) is 0 Å². The van der Waals surface area contributed by atoms with E-state index < -0.39 is 23.6 Å². The average molecular weight is 620 g/mol. The highest BCUT2D eigenvalue weighted by Crippen LogP contribution is 2.32. The van der Waals surface area contributed by atoms with Gasteiger partial charge in [0.2, 0.25) is 0 Å². The molecule has 0 amide bonds. The Labute approximate surface area is 256 Å². The first kappa shape index (κ1) is 30.7. The predicted molar refractivity (Wildman–Crippen MR) is 165 cm³/mol. The van der Waals surface area contributed by atoms with E-state index in [2.05, 4.69) is 4.99 Å². The third-order valence-corrected chi connectivity index (χ3v) is 8.10.